The molecule has 2 rings (SSSR count). The van der Waals surface area contributed by atoms with Gasteiger partial charge in [0.1, 0.15) is 6.61 Å². The number of carbonyl (C=O) groups excluding carboxylic acids is 1. The summed E-state index contributed by atoms with van der Waals surface area (Å²) in [5, 5.41) is 2.70. The first-order valence-electron chi connectivity index (χ1n) is 7.80. The number of alkyl carbamates (subject to hydrolysis) is 1. The molecule has 0 radical (unpaired) electrons. The third-order valence-electron chi connectivity index (χ3n) is 3.30. The summed E-state index contributed by atoms with van der Waals surface area (Å²) in [7, 11) is 0. The molecule has 1 amide bonds. The van der Waals surface area contributed by atoms with E-state index in [0.717, 1.165) is 17.5 Å². The SMILES string of the molecule is CCc1cccc(C#CCCNC(=O)OCc2ccccc2)c1. The predicted octanol–water partition coefficient (Wildman–Crippen LogP) is 3.92. The Kier molecular flexibility index (Phi) is 6.74. The Labute approximate surface area is 137 Å². The van der Waals surface area contributed by atoms with Crippen molar-refractivity contribution in [3.63, 3.8) is 0 Å². The van der Waals surface area contributed by atoms with Crippen LogP contribution in [-0.2, 0) is 17.8 Å². The maximum atomic E-state index is 11.6. The zero-order valence-electron chi connectivity index (χ0n) is 13.3. The van der Waals surface area contributed by atoms with Gasteiger partial charge in [-0.15, -0.1) is 0 Å². The Hall–Kier alpha value is -2.73. The van der Waals surface area contributed by atoms with Gasteiger partial charge < -0.3 is 10.1 Å². The minimum Gasteiger partial charge on any atom is -0.445 e. The van der Waals surface area contributed by atoms with Gasteiger partial charge in [0.15, 0.2) is 0 Å². The van der Waals surface area contributed by atoms with Gasteiger partial charge in [-0.3, -0.25) is 0 Å². The van der Waals surface area contributed by atoms with E-state index in [1.54, 1.807) is 0 Å². The summed E-state index contributed by atoms with van der Waals surface area (Å²) < 4.78 is 5.12. The van der Waals surface area contributed by atoms with Crippen LogP contribution in [0.15, 0.2) is 54.6 Å². The van der Waals surface area contributed by atoms with Crippen molar-refractivity contribution in [1.29, 1.82) is 0 Å². The van der Waals surface area contributed by atoms with Crippen LogP contribution in [0.3, 0.4) is 0 Å². The van der Waals surface area contributed by atoms with Crippen LogP contribution < -0.4 is 5.32 Å². The van der Waals surface area contributed by atoms with Crippen LogP contribution in [0.5, 0.6) is 0 Å². The maximum Gasteiger partial charge on any atom is 0.407 e. The highest BCUT2D eigenvalue weighted by Gasteiger charge is 2.00. The molecule has 0 heterocycles. The Bertz CT molecular complexity index is 684. The topological polar surface area (TPSA) is 38.3 Å². The number of rotatable bonds is 5. The van der Waals surface area contributed by atoms with Gasteiger partial charge in [-0.05, 0) is 29.7 Å². The molecule has 2 aromatic carbocycles. The van der Waals surface area contributed by atoms with Gasteiger partial charge in [0, 0.05) is 18.5 Å². The van der Waals surface area contributed by atoms with E-state index >= 15 is 0 Å². The Morgan fingerprint density at radius 3 is 2.65 bits per heavy atom. The first kappa shape index (κ1) is 16.6. The lowest BCUT2D eigenvalue weighted by Crippen LogP contribution is -2.24. The molecule has 3 nitrogen and oxygen atoms in total. The van der Waals surface area contributed by atoms with Gasteiger partial charge in [0.2, 0.25) is 0 Å². The van der Waals surface area contributed by atoms with Crippen LogP contribution in [0.25, 0.3) is 0 Å². The van der Waals surface area contributed by atoms with Crippen molar-refractivity contribution in [3.05, 3.63) is 71.3 Å². The Balaban J connectivity index is 1.67. The smallest absolute Gasteiger partial charge is 0.407 e. The highest BCUT2D eigenvalue weighted by Crippen LogP contribution is 2.04. The molecule has 0 fully saturated rings. The zero-order valence-corrected chi connectivity index (χ0v) is 13.3. The lowest BCUT2D eigenvalue weighted by molar-refractivity contribution is 0.140. The van der Waals surface area contributed by atoms with E-state index in [1.165, 1.54) is 5.56 Å². The summed E-state index contributed by atoms with van der Waals surface area (Å²) in [4.78, 5) is 11.6. The number of nitrogens with one attached hydrogen (secondary N) is 1. The monoisotopic (exact) mass is 307 g/mol. The van der Waals surface area contributed by atoms with E-state index in [1.807, 2.05) is 42.5 Å². The second-order valence-corrected chi connectivity index (χ2v) is 5.09. The number of hydrogen-bond donors (Lipinski definition) is 1. The number of amides is 1. The van der Waals surface area contributed by atoms with E-state index in [0.29, 0.717) is 13.0 Å². The molecular weight excluding hydrogens is 286 g/mol. The summed E-state index contributed by atoms with van der Waals surface area (Å²) in [6.45, 7) is 2.88. The average Bonchev–Trinajstić information content (AvgIpc) is 2.61. The summed E-state index contributed by atoms with van der Waals surface area (Å²) in [5.74, 6) is 6.17. The number of benzene rings is 2. The normalized spacial score (nSPS) is 9.61. The molecule has 0 aliphatic carbocycles. The minimum absolute atomic E-state index is 0.280. The standard InChI is InChI=1S/C20H21NO2/c1-2-17-12-8-13-18(15-17)9-6-7-14-21-20(22)23-16-19-10-4-3-5-11-19/h3-5,8,10-13,15H,2,7,14,16H2,1H3,(H,21,22). The van der Waals surface area contributed by atoms with Crippen LogP contribution in [0, 0.1) is 11.8 Å². The summed E-state index contributed by atoms with van der Waals surface area (Å²) in [6, 6.07) is 17.8. The van der Waals surface area contributed by atoms with E-state index in [2.05, 4.69) is 36.2 Å². The second kappa shape index (κ2) is 9.32. The molecule has 0 aromatic heterocycles. The maximum absolute atomic E-state index is 11.6. The number of carbonyl (C=O) groups is 1. The second-order valence-electron chi connectivity index (χ2n) is 5.09. The molecule has 118 valence electrons. The van der Waals surface area contributed by atoms with Gasteiger partial charge in [-0.1, -0.05) is 61.2 Å². The third-order valence-corrected chi connectivity index (χ3v) is 3.30. The molecule has 2 aromatic rings. The molecule has 1 N–H and O–H groups in total. The molecule has 0 unspecified atom stereocenters. The van der Waals surface area contributed by atoms with Crippen molar-refractivity contribution in [3.8, 4) is 11.8 Å². The van der Waals surface area contributed by atoms with E-state index in [-0.39, 0.29) is 6.61 Å². The number of hydrogen-bond acceptors (Lipinski definition) is 2. The third kappa shape index (κ3) is 6.27. The summed E-state index contributed by atoms with van der Waals surface area (Å²) in [5.41, 5.74) is 3.26. The Morgan fingerprint density at radius 1 is 1.09 bits per heavy atom. The molecular formula is C20H21NO2. The molecule has 0 spiro atoms. The molecule has 0 atom stereocenters. The zero-order chi connectivity index (χ0) is 16.3. The largest absolute Gasteiger partial charge is 0.445 e. The predicted molar refractivity (Wildman–Crippen MR) is 91.9 cm³/mol. The highest BCUT2D eigenvalue weighted by atomic mass is 16.5. The average molecular weight is 307 g/mol. The molecule has 0 bridgehead atoms. The van der Waals surface area contributed by atoms with Crippen LogP contribution in [-0.4, -0.2) is 12.6 Å². The lowest BCUT2D eigenvalue weighted by Gasteiger charge is -2.05. The molecule has 0 aliphatic rings. The first-order chi connectivity index (χ1) is 11.3. The summed E-state index contributed by atoms with van der Waals surface area (Å²) >= 11 is 0. The van der Waals surface area contributed by atoms with Crippen molar-refractivity contribution in [2.45, 2.75) is 26.4 Å². The van der Waals surface area contributed by atoms with Crippen LogP contribution in [0.1, 0.15) is 30.0 Å². The fourth-order valence-corrected chi connectivity index (χ4v) is 2.03. The molecule has 23 heavy (non-hydrogen) atoms. The van der Waals surface area contributed by atoms with Gasteiger partial charge in [-0.25, -0.2) is 4.79 Å². The highest BCUT2D eigenvalue weighted by molar-refractivity contribution is 5.67. The van der Waals surface area contributed by atoms with Gasteiger partial charge in [-0.2, -0.15) is 0 Å². The van der Waals surface area contributed by atoms with E-state index < -0.39 is 6.09 Å². The van der Waals surface area contributed by atoms with Crippen molar-refractivity contribution < 1.29 is 9.53 Å². The van der Waals surface area contributed by atoms with Crippen LogP contribution >= 0.6 is 0 Å². The van der Waals surface area contributed by atoms with E-state index in [9.17, 15) is 4.79 Å². The fraction of sp³-hybridized carbons (Fsp3) is 0.250. The molecule has 0 saturated carbocycles. The molecule has 0 aliphatic heterocycles. The van der Waals surface area contributed by atoms with Crippen molar-refractivity contribution in [2.24, 2.45) is 0 Å². The molecule has 0 saturated heterocycles. The quantitative estimate of drug-likeness (QED) is 0.671. The first-order valence-corrected chi connectivity index (χ1v) is 7.80. The van der Waals surface area contributed by atoms with Gasteiger partial charge in [0.25, 0.3) is 0 Å². The van der Waals surface area contributed by atoms with Gasteiger partial charge >= 0.3 is 6.09 Å². The minimum atomic E-state index is -0.413. The Morgan fingerprint density at radius 2 is 1.87 bits per heavy atom. The summed E-state index contributed by atoms with van der Waals surface area (Å²) in [6.07, 6.45) is 1.19. The van der Waals surface area contributed by atoms with E-state index in [4.69, 9.17) is 4.74 Å². The molecule has 3 heteroatoms. The fourth-order valence-electron chi connectivity index (χ4n) is 2.03. The van der Waals surface area contributed by atoms with Crippen molar-refractivity contribution >= 4 is 6.09 Å². The van der Waals surface area contributed by atoms with Crippen LogP contribution in [0.4, 0.5) is 4.79 Å². The lowest BCUT2D eigenvalue weighted by atomic mass is 10.1. The van der Waals surface area contributed by atoms with Crippen molar-refractivity contribution in [2.75, 3.05) is 6.54 Å². The number of aryl methyl sites for hydroxylation is 1. The van der Waals surface area contributed by atoms with Crippen LogP contribution in [0.2, 0.25) is 0 Å². The van der Waals surface area contributed by atoms with Crippen molar-refractivity contribution in [1.82, 2.24) is 5.32 Å². The number of ether oxygens (including phenoxy) is 1. The van der Waals surface area contributed by atoms with Gasteiger partial charge in [0.05, 0.1) is 0 Å².